The zero-order valence-corrected chi connectivity index (χ0v) is 11.1. The Balaban J connectivity index is 2.98. The van der Waals surface area contributed by atoms with Crippen molar-refractivity contribution in [1.82, 2.24) is 0 Å². The van der Waals surface area contributed by atoms with Crippen LogP contribution in [0.1, 0.15) is 37.6 Å². The van der Waals surface area contributed by atoms with Gasteiger partial charge in [-0.25, -0.2) is 4.79 Å². The molecule has 0 aliphatic carbocycles. The Hall–Kier alpha value is -1.71. The quantitative estimate of drug-likeness (QED) is 0.809. The predicted octanol–water partition coefficient (Wildman–Crippen LogP) is 3.21. The first kappa shape index (κ1) is 14.4. The molecular formula is C14H20O4. The maximum Gasteiger partial charge on any atom is 0.339 e. The van der Waals surface area contributed by atoms with Crippen molar-refractivity contribution in [2.45, 2.75) is 27.2 Å². The molecule has 0 saturated carbocycles. The molecule has 1 N–H and O–H groups in total. The fourth-order valence-corrected chi connectivity index (χ4v) is 1.45. The highest BCUT2D eigenvalue weighted by atomic mass is 16.5. The van der Waals surface area contributed by atoms with Crippen molar-refractivity contribution in [3.05, 3.63) is 23.8 Å². The van der Waals surface area contributed by atoms with Crippen LogP contribution in [0.3, 0.4) is 0 Å². The first-order chi connectivity index (χ1) is 8.60. The number of carboxylic acids is 1. The van der Waals surface area contributed by atoms with Crippen LogP contribution in [-0.4, -0.2) is 24.3 Å². The van der Waals surface area contributed by atoms with Gasteiger partial charge in [0.1, 0.15) is 5.56 Å². The van der Waals surface area contributed by atoms with E-state index in [2.05, 4.69) is 13.8 Å². The maximum atomic E-state index is 11.2. The monoisotopic (exact) mass is 252 g/mol. The van der Waals surface area contributed by atoms with E-state index in [0.29, 0.717) is 30.6 Å². The second-order valence-electron chi connectivity index (χ2n) is 4.20. The third-order valence-corrected chi connectivity index (χ3v) is 2.72. The summed E-state index contributed by atoms with van der Waals surface area (Å²) in [5.74, 6) is 0.185. The topological polar surface area (TPSA) is 55.8 Å². The summed E-state index contributed by atoms with van der Waals surface area (Å²) in [4.78, 5) is 11.2. The molecule has 4 nitrogen and oxygen atoms in total. The summed E-state index contributed by atoms with van der Waals surface area (Å²) >= 11 is 0. The lowest BCUT2D eigenvalue weighted by molar-refractivity contribution is 0.0690. The summed E-state index contributed by atoms with van der Waals surface area (Å²) in [6.45, 7) is 6.94. The van der Waals surface area contributed by atoms with Crippen LogP contribution < -0.4 is 9.47 Å². The highest BCUT2D eigenvalue weighted by Crippen LogP contribution is 2.32. The fraction of sp³-hybridized carbons (Fsp3) is 0.500. The molecule has 0 heterocycles. The molecule has 0 saturated heterocycles. The molecule has 0 amide bonds. The zero-order valence-electron chi connectivity index (χ0n) is 11.1. The van der Waals surface area contributed by atoms with E-state index >= 15 is 0 Å². The van der Waals surface area contributed by atoms with Crippen molar-refractivity contribution < 1.29 is 19.4 Å². The molecule has 0 aliphatic heterocycles. The lowest BCUT2D eigenvalue weighted by atomic mass is 10.1. The molecule has 1 unspecified atom stereocenters. The number of hydrogen-bond acceptors (Lipinski definition) is 3. The highest BCUT2D eigenvalue weighted by molar-refractivity contribution is 5.92. The first-order valence-corrected chi connectivity index (χ1v) is 6.22. The molecular weight excluding hydrogens is 232 g/mol. The minimum atomic E-state index is -1.00. The van der Waals surface area contributed by atoms with E-state index in [-0.39, 0.29) is 5.56 Å². The first-order valence-electron chi connectivity index (χ1n) is 6.22. The summed E-state index contributed by atoms with van der Waals surface area (Å²) in [5, 5.41) is 9.15. The molecule has 0 bridgehead atoms. The van der Waals surface area contributed by atoms with Gasteiger partial charge in [0.15, 0.2) is 11.5 Å². The molecule has 0 spiro atoms. The molecule has 1 aromatic carbocycles. The fourth-order valence-electron chi connectivity index (χ4n) is 1.45. The van der Waals surface area contributed by atoms with Crippen LogP contribution in [-0.2, 0) is 0 Å². The number of hydrogen-bond donors (Lipinski definition) is 1. The van der Waals surface area contributed by atoms with Gasteiger partial charge in [-0.15, -0.1) is 0 Å². The second kappa shape index (κ2) is 6.89. The predicted molar refractivity (Wildman–Crippen MR) is 69.5 cm³/mol. The van der Waals surface area contributed by atoms with E-state index in [1.165, 1.54) is 6.07 Å². The van der Waals surface area contributed by atoms with Gasteiger partial charge in [0, 0.05) is 0 Å². The molecule has 1 aromatic rings. The molecule has 0 aliphatic rings. The normalized spacial score (nSPS) is 11.9. The van der Waals surface area contributed by atoms with Crippen molar-refractivity contribution in [3.8, 4) is 11.5 Å². The Labute approximate surface area is 108 Å². The summed E-state index contributed by atoms with van der Waals surface area (Å²) in [6, 6.07) is 4.91. The smallest absolute Gasteiger partial charge is 0.339 e. The van der Waals surface area contributed by atoms with Gasteiger partial charge in [-0.3, -0.25) is 0 Å². The standard InChI is InChI=1S/C14H20O4/c1-4-10(3)9-18-13-11(14(15)16)7-6-8-12(13)17-5-2/h6-8,10H,4-5,9H2,1-3H3,(H,15,16). The Kier molecular flexibility index (Phi) is 5.49. The molecule has 100 valence electrons. The summed E-state index contributed by atoms with van der Waals surface area (Å²) in [7, 11) is 0. The van der Waals surface area contributed by atoms with Crippen LogP contribution in [0.5, 0.6) is 11.5 Å². The van der Waals surface area contributed by atoms with E-state index in [0.717, 1.165) is 6.42 Å². The average molecular weight is 252 g/mol. The SMILES string of the molecule is CCOc1cccc(C(=O)O)c1OCC(C)CC. The van der Waals surface area contributed by atoms with E-state index in [1.54, 1.807) is 12.1 Å². The van der Waals surface area contributed by atoms with E-state index in [4.69, 9.17) is 14.6 Å². The van der Waals surface area contributed by atoms with Crippen molar-refractivity contribution in [3.63, 3.8) is 0 Å². The number of benzene rings is 1. The maximum absolute atomic E-state index is 11.2. The van der Waals surface area contributed by atoms with Gasteiger partial charge in [-0.1, -0.05) is 26.3 Å². The molecule has 1 atom stereocenters. The average Bonchev–Trinajstić information content (AvgIpc) is 2.36. The van der Waals surface area contributed by atoms with Gasteiger partial charge in [-0.05, 0) is 25.0 Å². The number of rotatable bonds is 7. The van der Waals surface area contributed by atoms with E-state index < -0.39 is 5.97 Å². The van der Waals surface area contributed by atoms with Crippen LogP contribution in [0.4, 0.5) is 0 Å². The van der Waals surface area contributed by atoms with Gasteiger partial charge in [0.05, 0.1) is 13.2 Å². The van der Waals surface area contributed by atoms with Crippen molar-refractivity contribution in [2.24, 2.45) is 5.92 Å². The van der Waals surface area contributed by atoms with Crippen molar-refractivity contribution in [2.75, 3.05) is 13.2 Å². The van der Waals surface area contributed by atoms with Crippen LogP contribution in [0, 0.1) is 5.92 Å². The summed E-state index contributed by atoms with van der Waals surface area (Å²) in [6.07, 6.45) is 0.985. The van der Waals surface area contributed by atoms with E-state index in [9.17, 15) is 4.79 Å². The third-order valence-electron chi connectivity index (χ3n) is 2.72. The molecule has 0 aromatic heterocycles. The van der Waals surface area contributed by atoms with Gasteiger partial charge >= 0.3 is 5.97 Å². The van der Waals surface area contributed by atoms with Crippen LogP contribution >= 0.6 is 0 Å². The minimum absolute atomic E-state index is 0.143. The Bertz CT molecular complexity index is 401. The van der Waals surface area contributed by atoms with Gasteiger partial charge in [-0.2, -0.15) is 0 Å². The molecule has 0 radical (unpaired) electrons. The molecule has 18 heavy (non-hydrogen) atoms. The molecule has 1 rings (SSSR count). The van der Waals surface area contributed by atoms with Gasteiger partial charge < -0.3 is 14.6 Å². The van der Waals surface area contributed by atoms with Gasteiger partial charge in [0.25, 0.3) is 0 Å². The van der Waals surface area contributed by atoms with Crippen molar-refractivity contribution >= 4 is 5.97 Å². The Morgan fingerprint density at radius 2 is 2.06 bits per heavy atom. The Morgan fingerprint density at radius 3 is 2.61 bits per heavy atom. The number of ether oxygens (including phenoxy) is 2. The largest absolute Gasteiger partial charge is 0.490 e. The number of carboxylic acid groups (broad SMARTS) is 1. The summed E-state index contributed by atoms with van der Waals surface area (Å²) in [5.41, 5.74) is 0.143. The second-order valence-corrected chi connectivity index (χ2v) is 4.20. The lowest BCUT2D eigenvalue weighted by Crippen LogP contribution is -2.11. The number of para-hydroxylation sites is 1. The number of aromatic carboxylic acids is 1. The van der Waals surface area contributed by atoms with Crippen molar-refractivity contribution in [1.29, 1.82) is 0 Å². The zero-order chi connectivity index (χ0) is 13.5. The Morgan fingerprint density at radius 1 is 1.33 bits per heavy atom. The summed E-state index contributed by atoms with van der Waals surface area (Å²) < 4.78 is 11.0. The van der Waals surface area contributed by atoms with Crippen LogP contribution in [0.2, 0.25) is 0 Å². The molecule has 4 heteroatoms. The number of carbonyl (C=O) groups is 1. The van der Waals surface area contributed by atoms with Gasteiger partial charge in [0.2, 0.25) is 0 Å². The van der Waals surface area contributed by atoms with Crippen LogP contribution in [0.25, 0.3) is 0 Å². The highest BCUT2D eigenvalue weighted by Gasteiger charge is 2.17. The van der Waals surface area contributed by atoms with Crippen LogP contribution in [0.15, 0.2) is 18.2 Å². The molecule has 0 fully saturated rings. The van der Waals surface area contributed by atoms with E-state index in [1.807, 2.05) is 6.92 Å². The lowest BCUT2D eigenvalue weighted by Gasteiger charge is -2.16. The third kappa shape index (κ3) is 3.65. The minimum Gasteiger partial charge on any atom is -0.490 e.